The standard InChI is InChI=1S/C14H27NO2/c1-5-17-13(16)14(15-10-11(2)3)8-6-7-12(4)9-14/h11-12,15H,5-10H2,1-4H3. The summed E-state index contributed by atoms with van der Waals surface area (Å²) in [6.45, 7) is 9.78. The van der Waals surface area contributed by atoms with E-state index < -0.39 is 5.54 Å². The van der Waals surface area contributed by atoms with Crippen molar-refractivity contribution in [2.75, 3.05) is 13.2 Å². The lowest BCUT2D eigenvalue weighted by molar-refractivity contribution is -0.153. The molecule has 0 aromatic carbocycles. The lowest BCUT2D eigenvalue weighted by atomic mass is 9.76. The summed E-state index contributed by atoms with van der Waals surface area (Å²) >= 11 is 0. The van der Waals surface area contributed by atoms with E-state index in [1.807, 2.05) is 6.92 Å². The molecule has 3 heteroatoms. The Bertz CT molecular complexity index is 253. The lowest BCUT2D eigenvalue weighted by Crippen LogP contribution is -2.56. The molecule has 1 N–H and O–H groups in total. The Labute approximate surface area is 105 Å². The van der Waals surface area contributed by atoms with Gasteiger partial charge >= 0.3 is 5.97 Å². The number of hydrogen-bond acceptors (Lipinski definition) is 3. The van der Waals surface area contributed by atoms with E-state index >= 15 is 0 Å². The van der Waals surface area contributed by atoms with Crippen LogP contribution in [-0.2, 0) is 9.53 Å². The highest BCUT2D eigenvalue weighted by atomic mass is 16.5. The Morgan fingerprint density at radius 3 is 2.76 bits per heavy atom. The van der Waals surface area contributed by atoms with Gasteiger partial charge in [0.05, 0.1) is 6.61 Å². The van der Waals surface area contributed by atoms with E-state index in [0.29, 0.717) is 18.4 Å². The van der Waals surface area contributed by atoms with E-state index in [-0.39, 0.29) is 5.97 Å². The molecule has 0 amide bonds. The fourth-order valence-corrected chi connectivity index (χ4v) is 2.64. The molecular formula is C14H27NO2. The molecule has 0 aromatic rings. The summed E-state index contributed by atoms with van der Waals surface area (Å²) in [6.07, 6.45) is 4.18. The highest BCUT2D eigenvalue weighted by Crippen LogP contribution is 2.33. The largest absolute Gasteiger partial charge is 0.465 e. The summed E-state index contributed by atoms with van der Waals surface area (Å²) in [5.74, 6) is 1.11. The minimum absolute atomic E-state index is 0.0489. The van der Waals surface area contributed by atoms with Crippen molar-refractivity contribution in [2.45, 2.75) is 58.9 Å². The predicted molar refractivity (Wildman–Crippen MR) is 69.8 cm³/mol. The zero-order valence-corrected chi connectivity index (χ0v) is 11.7. The molecule has 3 nitrogen and oxygen atoms in total. The highest BCUT2D eigenvalue weighted by Gasteiger charge is 2.42. The zero-order chi connectivity index (χ0) is 12.9. The van der Waals surface area contributed by atoms with Crippen LogP contribution in [0.1, 0.15) is 53.4 Å². The second kappa shape index (κ2) is 6.39. The van der Waals surface area contributed by atoms with Gasteiger partial charge in [0.1, 0.15) is 5.54 Å². The summed E-state index contributed by atoms with van der Waals surface area (Å²) in [5, 5.41) is 3.48. The Kier molecular flexibility index (Phi) is 5.44. The normalized spacial score (nSPS) is 29.4. The van der Waals surface area contributed by atoms with E-state index in [1.165, 1.54) is 6.42 Å². The number of carbonyl (C=O) groups is 1. The average Bonchev–Trinajstić information content (AvgIpc) is 2.27. The lowest BCUT2D eigenvalue weighted by Gasteiger charge is -2.39. The highest BCUT2D eigenvalue weighted by molar-refractivity contribution is 5.81. The molecule has 2 unspecified atom stereocenters. The van der Waals surface area contributed by atoms with Crippen LogP contribution in [0.15, 0.2) is 0 Å². The van der Waals surface area contributed by atoms with Gasteiger partial charge in [-0.1, -0.05) is 33.6 Å². The van der Waals surface area contributed by atoms with E-state index in [0.717, 1.165) is 25.8 Å². The average molecular weight is 241 g/mol. The van der Waals surface area contributed by atoms with Crippen LogP contribution in [0.25, 0.3) is 0 Å². The van der Waals surface area contributed by atoms with Crippen molar-refractivity contribution in [3.63, 3.8) is 0 Å². The van der Waals surface area contributed by atoms with Crippen molar-refractivity contribution < 1.29 is 9.53 Å². The monoisotopic (exact) mass is 241 g/mol. The van der Waals surface area contributed by atoms with E-state index in [4.69, 9.17) is 4.74 Å². The minimum atomic E-state index is -0.419. The summed E-state index contributed by atoms with van der Waals surface area (Å²) in [4.78, 5) is 12.2. The van der Waals surface area contributed by atoms with Crippen LogP contribution in [0.3, 0.4) is 0 Å². The van der Waals surface area contributed by atoms with Crippen LogP contribution in [0.5, 0.6) is 0 Å². The molecule has 0 bridgehead atoms. The van der Waals surface area contributed by atoms with Gasteiger partial charge in [-0.05, 0) is 38.1 Å². The topological polar surface area (TPSA) is 38.3 Å². The van der Waals surface area contributed by atoms with Gasteiger partial charge in [-0.2, -0.15) is 0 Å². The molecule has 2 atom stereocenters. The fourth-order valence-electron chi connectivity index (χ4n) is 2.64. The first kappa shape index (κ1) is 14.5. The fraction of sp³-hybridized carbons (Fsp3) is 0.929. The van der Waals surface area contributed by atoms with Crippen molar-refractivity contribution in [1.82, 2.24) is 5.32 Å². The second-order valence-electron chi connectivity index (χ2n) is 5.78. The summed E-state index contributed by atoms with van der Waals surface area (Å²) < 4.78 is 5.26. The van der Waals surface area contributed by atoms with Crippen LogP contribution < -0.4 is 5.32 Å². The van der Waals surface area contributed by atoms with Crippen molar-refractivity contribution in [3.8, 4) is 0 Å². The predicted octanol–water partition coefficient (Wildman–Crippen LogP) is 2.74. The SMILES string of the molecule is CCOC(=O)C1(NCC(C)C)CCCC(C)C1. The molecule has 100 valence electrons. The van der Waals surface area contributed by atoms with Gasteiger partial charge in [0.2, 0.25) is 0 Å². The maximum Gasteiger partial charge on any atom is 0.326 e. The Hall–Kier alpha value is -0.570. The van der Waals surface area contributed by atoms with Crippen molar-refractivity contribution in [2.24, 2.45) is 11.8 Å². The first-order chi connectivity index (χ1) is 8.00. The molecule has 1 rings (SSSR count). The number of esters is 1. The Balaban J connectivity index is 2.71. The second-order valence-corrected chi connectivity index (χ2v) is 5.78. The van der Waals surface area contributed by atoms with Gasteiger partial charge in [-0.25, -0.2) is 0 Å². The van der Waals surface area contributed by atoms with Gasteiger partial charge in [0, 0.05) is 0 Å². The molecule has 17 heavy (non-hydrogen) atoms. The maximum atomic E-state index is 12.2. The first-order valence-electron chi connectivity index (χ1n) is 6.92. The van der Waals surface area contributed by atoms with Crippen LogP contribution in [0.2, 0.25) is 0 Å². The van der Waals surface area contributed by atoms with Crippen LogP contribution >= 0.6 is 0 Å². The number of carbonyl (C=O) groups excluding carboxylic acids is 1. The molecule has 1 aliphatic carbocycles. The van der Waals surface area contributed by atoms with Crippen LogP contribution in [0, 0.1) is 11.8 Å². The number of ether oxygens (including phenoxy) is 1. The van der Waals surface area contributed by atoms with E-state index in [2.05, 4.69) is 26.1 Å². The van der Waals surface area contributed by atoms with Gasteiger partial charge in [0.15, 0.2) is 0 Å². The summed E-state index contributed by atoms with van der Waals surface area (Å²) in [7, 11) is 0. The van der Waals surface area contributed by atoms with Gasteiger partial charge in [-0.3, -0.25) is 4.79 Å². The Morgan fingerprint density at radius 2 is 2.24 bits per heavy atom. The molecule has 0 aromatic heterocycles. The van der Waals surface area contributed by atoms with Crippen molar-refractivity contribution in [1.29, 1.82) is 0 Å². The van der Waals surface area contributed by atoms with Gasteiger partial charge < -0.3 is 10.1 Å². The third-order valence-electron chi connectivity index (χ3n) is 3.51. The summed E-state index contributed by atoms with van der Waals surface area (Å²) in [6, 6.07) is 0. The molecule has 0 spiro atoms. The molecule has 0 radical (unpaired) electrons. The van der Waals surface area contributed by atoms with Crippen molar-refractivity contribution >= 4 is 5.97 Å². The van der Waals surface area contributed by atoms with Crippen molar-refractivity contribution in [3.05, 3.63) is 0 Å². The molecule has 1 aliphatic rings. The van der Waals surface area contributed by atoms with Crippen LogP contribution in [-0.4, -0.2) is 24.7 Å². The zero-order valence-electron chi connectivity index (χ0n) is 11.7. The number of hydrogen-bond donors (Lipinski definition) is 1. The van der Waals surface area contributed by atoms with Crippen LogP contribution in [0.4, 0.5) is 0 Å². The third-order valence-corrected chi connectivity index (χ3v) is 3.51. The van der Waals surface area contributed by atoms with E-state index in [1.54, 1.807) is 0 Å². The van der Waals surface area contributed by atoms with Gasteiger partial charge in [0.25, 0.3) is 0 Å². The van der Waals surface area contributed by atoms with Gasteiger partial charge in [-0.15, -0.1) is 0 Å². The quantitative estimate of drug-likeness (QED) is 0.752. The smallest absolute Gasteiger partial charge is 0.326 e. The Morgan fingerprint density at radius 1 is 1.53 bits per heavy atom. The third kappa shape index (κ3) is 3.98. The number of nitrogens with one attached hydrogen (secondary N) is 1. The maximum absolute atomic E-state index is 12.2. The minimum Gasteiger partial charge on any atom is -0.465 e. The molecule has 0 saturated heterocycles. The van der Waals surface area contributed by atoms with E-state index in [9.17, 15) is 4.79 Å². The molecule has 1 fully saturated rings. The first-order valence-corrected chi connectivity index (χ1v) is 6.92. The molecule has 0 heterocycles. The number of rotatable bonds is 5. The molecule has 1 saturated carbocycles. The molecular weight excluding hydrogens is 214 g/mol. The molecule has 0 aliphatic heterocycles. The summed E-state index contributed by atoms with van der Waals surface area (Å²) in [5.41, 5.74) is -0.419.